The van der Waals surface area contributed by atoms with E-state index in [2.05, 4.69) is 15.6 Å². The molecule has 0 aliphatic carbocycles. The number of carbonyl (C=O) groups is 6. The fraction of sp³-hybridized carbons (Fsp3) is 0.562. The predicted octanol–water partition coefficient (Wildman–Crippen LogP) is -5.71. The fourth-order valence-electron chi connectivity index (χ4n) is 2.28. The van der Waals surface area contributed by atoms with Crippen molar-refractivity contribution in [3.8, 4) is 0 Å². The molecule has 32 heavy (non-hydrogen) atoms. The molecule has 0 spiro atoms. The quantitative estimate of drug-likeness (QED) is 0.0634. The number of hydrogen-bond acceptors (Lipinski definition) is 8. The summed E-state index contributed by atoms with van der Waals surface area (Å²) in [6.07, 6.45) is -0.739. The van der Waals surface area contributed by atoms with Gasteiger partial charge in [0.25, 0.3) is 0 Å². The van der Waals surface area contributed by atoms with Gasteiger partial charge in [0.05, 0.1) is 25.4 Å². The Morgan fingerprint density at radius 2 is 1.41 bits per heavy atom. The smallest absolute Gasteiger partial charge is 0.326 e. The Hall–Kier alpha value is -3.95. The molecule has 0 rings (SSSR count). The maximum absolute atomic E-state index is 12.3. The predicted molar refractivity (Wildman–Crippen MR) is 110 cm³/mol. The van der Waals surface area contributed by atoms with Crippen LogP contribution in [0.1, 0.15) is 25.7 Å². The molecule has 0 aromatic heterocycles. The zero-order valence-corrected chi connectivity index (χ0v) is 17.2. The highest BCUT2D eigenvalue weighted by Gasteiger charge is 2.29. The van der Waals surface area contributed by atoms with E-state index in [0.717, 1.165) is 0 Å². The largest absolute Gasteiger partial charge is 0.480 e. The van der Waals surface area contributed by atoms with Crippen LogP contribution in [0, 0.1) is 0 Å². The molecule has 0 fully saturated rings. The average molecular weight is 459 g/mol. The van der Waals surface area contributed by atoms with Crippen LogP contribution in [0.5, 0.6) is 0 Å². The number of guanidine groups is 1. The number of nitrogens with zero attached hydrogens (tertiary/aromatic N) is 1. The topological polar surface area (TPSA) is 301 Å². The minimum absolute atomic E-state index is 0.0986. The first-order valence-electron chi connectivity index (χ1n) is 9.31. The summed E-state index contributed by atoms with van der Waals surface area (Å²) >= 11 is 0. The van der Waals surface area contributed by atoms with Gasteiger partial charge < -0.3 is 49.7 Å². The van der Waals surface area contributed by atoms with Crippen molar-refractivity contribution >= 4 is 41.5 Å². The number of primary amides is 2. The number of rotatable bonds is 15. The Bertz CT molecular complexity index is 752. The summed E-state index contributed by atoms with van der Waals surface area (Å²) in [5, 5.41) is 15.4. The van der Waals surface area contributed by atoms with Gasteiger partial charge in [0.1, 0.15) is 12.1 Å². The number of carboxylic acid groups (broad SMARTS) is 1. The second kappa shape index (κ2) is 14.1. The van der Waals surface area contributed by atoms with E-state index in [1.165, 1.54) is 0 Å². The van der Waals surface area contributed by atoms with Crippen LogP contribution in [-0.2, 0) is 28.8 Å². The van der Waals surface area contributed by atoms with Gasteiger partial charge in [0.15, 0.2) is 5.96 Å². The van der Waals surface area contributed by atoms with Crippen molar-refractivity contribution in [1.29, 1.82) is 0 Å². The molecule has 5 amide bonds. The van der Waals surface area contributed by atoms with E-state index in [1.54, 1.807) is 0 Å². The van der Waals surface area contributed by atoms with Gasteiger partial charge in [-0.15, -0.1) is 0 Å². The molecule has 0 aliphatic heterocycles. The molecule has 3 atom stereocenters. The van der Waals surface area contributed by atoms with Crippen molar-refractivity contribution in [3.05, 3.63) is 0 Å². The van der Waals surface area contributed by atoms with Crippen LogP contribution < -0.4 is 44.6 Å². The first-order chi connectivity index (χ1) is 14.8. The van der Waals surface area contributed by atoms with Crippen LogP contribution >= 0.6 is 0 Å². The number of carbonyl (C=O) groups excluding carboxylic acids is 5. The highest BCUT2D eigenvalue weighted by Crippen LogP contribution is 1.98. The summed E-state index contributed by atoms with van der Waals surface area (Å²) in [5.41, 5.74) is 26.0. The monoisotopic (exact) mass is 459 g/mol. The van der Waals surface area contributed by atoms with Gasteiger partial charge in [-0.25, -0.2) is 4.79 Å². The van der Waals surface area contributed by atoms with Crippen molar-refractivity contribution in [3.63, 3.8) is 0 Å². The van der Waals surface area contributed by atoms with Crippen LogP contribution in [-0.4, -0.2) is 77.8 Å². The summed E-state index contributed by atoms with van der Waals surface area (Å²) in [4.78, 5) is 73.3. The van der Waals surface area contributed by atoms with Crippen LogP contribution in [0.3, 0.4) is 0 Å². The van der Waals surface area contributed by atoms with E-state index in [-0.39, 0.29) is 18.9 Å². The lowest BCUT2D eigenvalue weighted by Crippen LogP contribution is -2.55. The van der Waals surface area contributed by atoms with Gasteiger partial charge >= 0.3 is 5.97 Å². The Kier molecular flexibility index (Phi) is 12.4. The van der Waals surface area contributed by atoms with Crippen molar-refractivity contribution in [1.82, 2.24) is 16.0 Å². The zero-order valence-electron chi connectivity index (χ0n) is 17.2. The molecule has 0 radical (unpaired) electrons. The SMILES string of the molecule is NC(=O)CC(NC(=O)C(CC(N)=O)NC(=O)CNC(=O)C(N)CCCN=C(N)N)C(=O)O. The van der Waals surface area contributed by atoms with Gasteiger partial charge in [0.2, 0.25) is 29.5 Å². The number of carboxylic acids is 1. The lowest BCUT2D eigenvalue weighted by Gasteiger charge is -2.20. The minimum atomic E-state index is -1.68. The van der Waals surface area contributed by atoms with Crippen molar-refractivity contribution in [2.75, 3.05) is 13.1 Å². The van der Waals surface area contributed by atoms with Gasteiger partial charge in [-0.1, -0.05) is 0 Å². The highest BCUT2D eigenvalue weighted by molar-refractivity contribution is 5.95. The maximum atomic E-state index is 12.3. The third-order valence-electron chi connectivity index (χ3n) is 3.80. The van der Waals surface area contributed by atoms with E-state index < -0.39 is 73.0 Å². The summed E-state index contributed by atoms with van der Waals surface area (Å²) in [6.45, 7) is -0.326. The lowest BCUT2D eigenvalue weighted by atomic mass is 10.1. The Balaban J connectivity index is 4.80. The van der Waals surface area contributed by atoms with Crippen LogP contribution in [0.2, 0.25) is 0 Å². The maximum Gasteiger partial charge on any atom is 0.326 e. The first kappa shape index (κ1) is 28.0. The van der Waals surface area contributed by atoms with Crippen molar-refractivity contribution in [2.24, 2.45) is 33.7 Å². The standard InChI is InChI=1S/C16H29N9O7/c17-7(2-1-3-22-16(20)21)13(29)23-6-12(28)24-8(4-10(18)26)14(30)25-9(15(31)32)5-11(19)27/h7-9H,1-6,17H2,(H2,18,26)(H2,19,27)(H,23,29)(H,24,28)(H,25,30)(H,31,32)(H4,20,21,22). The fourth-order valence-corrected chi connectivity index (χ4v) is 2.28. The molecule has 0 saturated carbocycles. The Labute approximate surface area is 182 Å². The number of aliphatic imine (C=N–C) groups is 1. The molecule has 3 unspecified atom stereocenters. The first-order valence-corrected chi connectivity index (χ1v) is 9.31. The average Bonchev–Trinajstić information content (AvgIpc) is 2.67. The number of hydrogen-bond donors (Lipinski definition) is 9. The molecule has 0 saturated heterocycles. The minimum Gasteiger partial charge on any atom is -0.480 e. The van der Waals surface area contributed by atoms with E-state index in [0.29, 0.717) is 6.42 Å². The van der Waals surface area contributed by atoms with Crippen molar-refractivity contribution in [2.45, 2.75) is 43.8 Å². The molecular formula is C16H29N9O7. The molecule has 0 aliphatic rings. The van der Waals surface area contributed by atoms with Gasteiger partial charge in [-0.05, 0) is 12.8 Å². The van der Waals surface area contributed by atoms with E-state index >= 15 is 0 Å². The molecule has 0 bridgehead atoms. The molecule has 14 N–H and O–H groups in total. The zero-order chi connectivity index (χ0) is 24.8. The van der Waals surface area contributed by atoms with Crippen LogP contribution in [0.15, 0.2) is 4.99 Å². The van der Waals surface area contributed by atoms with E-state index in [9.17, 15) is 28.8 Å². The summed E-state index contributed by atoms with van der Waals surface area (Å²) in [5.74, 6) is -6.25. The number of aliphatic carboxylic acids is 1. The molecule has 0 heterocycles. The second-order valence-electron chi connectivity index (χ2n) is 6.63. The lowest BCUT2D eigenvalue weighted by molar-refractivity contribution is -0.143. The highest BCUT2D eigenvalue weighted by atomic mass is 16.4. The molecule has 16 heteroatoms. The molecule has 0 aromatic carbocycles. The third kappa shape index (κ3) is 12.6. The van der Waals surface area contributed by atoms with Gasteiger partial charge in [0, 0.05) is 6.54 Å². The number of nitrogens with one attached hydrogen (secondary N) is 3. The number of nitrogens with two attached hydrogens (primary N) is 5. The Morgan fingerprint density at radius 3 is 1.91 bits per heavy atom. The van der Waals surface area contributed by atoms with E-state index in [1.807, 2.05) is 5.32 Å². The van der Waals surface area contributed by atoms with Gasteiger partial charge in [-0.3, -0.25) is 29.0 Å². The van der Waals surface area contributed by atoms with Gasteiger partial charge in [-0.2, -0.15) is 0 Å². The summed E-state index contributed by atoms with van der Waals surface area (Å²) in [7, 11) is 0. The molecule has 16 nitrogen and oxygen atoms in total. The molecular weight excluding hydrogens is 430 g/mol. The molecule has 180 valence electrons. The normalized spacial score (nSPS) is 13.0. The Morgan fingerprint density at radius 1 is 0.844 bits per heavy atom. The number of amides is 5. The van der Waals surface area contributed by atoms with Crippen molar-refractivity contribution < 1.29 is 33.9 Å². The third-order valence-corrected chi connectivity index (χ3v) is 3.80. The summed E-state index contributed by atoms with van der Waals surface area (Å²) < 4.78 is 0. The second-order valence-corrected chi connectivity index (χ2v) is 6.63. The summed E-state index contributed by atoms with van der Waals surface area (Å²) in [6, 6.07) is -4.18. The molecule has 0 aromatic rings. The van der Waals surface area contributed by atoms with E-state index in [4.69, 9.17) is 33.8 Å². The van der Waals surface area contributed by atoms with Crippen LogP contribution in [0.25, 0.3) is 0 Å². The van der Waals surface area contributed by atoms with Crippen LogP contribution in [0.4, 0.5) is 0 Å².